The molecule has 3 heteroatoms. The van der Waals surface area contributed by atoms with Gasteiger partial charge in [-0.1, -0.05) is 129 Å². The summed E-state index contributed by atoms with van der Waals surface area (Å²) in [5.74, 6) is 0.706. The van der Waals surface area contributed by atoms with Crippen molar-refractivity contribution in [3.05, 3.63) is 157 Å². The van der Waals surface area contributed by atoms with Crippen LogP contribution in [0.4, 0.5) is 0 Å². The number of nitrogens with zero attached hydrogens (tertiary/aromatic N) is 2. The molecule has 0 amide bonds. The minimum atomic E-state index is -0.0574. The van der Waals surface area contributed by atoms with Crippen LogP contribution in [0, 0.1) is 0 Å². The zero-order valence-electron chi connectivity index (χ0n) is 25.7. The molecule has 6 aromatic carbocycles. The fourth-order valence-corrected chi connectivity index (χ4v) is 7.05. The van der Waals surface area contributed by atoms with Gasteiger partial charge in [0.2, 0.25) is 0 Å². The van der Waals surface area contributed by atoms with E-state index in [4.69, 9.17) is 14.4 Å². The Bertz CT molecular complexity index is 2360. The van der Waals surface area contributed by atoms with E-state index in [0.717, 1.165) is 61.1 Å². The number of rotatable bonds is 4. The molecular weight excluding hydrogens is 560 g/mol. The molecule has 2 heterocycles. The van der Waals surface area contributed by atoms with E-state index in [1.807, 2.05) is 36.4 Å². The minimum Gasteiger partial charge on any atom is -0.456 e. The lowest BCUT2D eigenvalue weighted by atomic mass is 9.82. The summed E-state index contributed by atoms with van der Waals surface area (Å²) < 4.78 is 6.52. The third kappa shape index (κ3) is 4.20. The summed E-state index contributed by atoms with van der Waals surface area (Å²) in [6.07, 6.45) is 0. The highest BCUT2D eigenvalue weighted by Crippen LogP contribution is 2.50. The molecule has 1 aliphatic rings. The molecule has 46 heavy (non-hydrogen) atoms. The van der Waals surface area contributed by atoms with Gasteiger partial charge in [0.05, 0.1) is 11.4 Å². The van der Waals surface area contributed by atoms with Crippen molar-refractivity contribution >= 4 is 21.9 Å². The number of benzene rings is 6. The fraction of sp³-hybridized carbons (Fsp3) is 0.0698. The maximum Gasteiger partial charge on any atom is 0.160 e. The van der Waals surface area contributed by atoms with Crippen molar-refractivity contribution in [2.45, 2.75) is 19.3 Å². The van der Waals surface area contributed by atoms with E-state index in [2.05, 4.69) is 123 Å². The quantitative estimate of drug-likeness (QED) is 0.205. The second kappa shape index (κ2) is 10.1. The van der Waals surface area contributed by atoms with Crippen LogP contribution in [-0.2, 0) is 5.41 Å². The van der Waals surface area contributed by atoms with Crippen molar-refractivity contribution in [1.29, 1.82) is 0 Å². The molecule has 1 aliphatic carbocycles. The molecule has 3 nitrogen and oxygen atoms in total. The van der Waals surface area contributed by atoms with Crippen LogP contribution >= 0.6 is 0 Å². The zero-order valence-corrected chi connectivity index (χ0v) is 25.7. The lowest BCUT2D eigenvalue weighted by Gasteiger charge is -2.21. The molecule has 0 fully saturated rings. The van der Waals surface area contributed by atoms with Crippen molar-refractivity contribution in [2.75, 3.05) is 0 Å². The molecule has 0 atom stereocenters. The molecule has 0 bridgehead atoms. The van der Waals surface area contributed by atoms with E-state index >= 15 is 0 Å². The smallest absolute Gasteiger partial charge is 0.160 e. The second-order valence-corrected chi connectivity index (χ2v) is 12.6. The largest absolute Gasteiger partial charge is 0.456 e. The van der Waals surface area contributed by atoms with Crippen LogP contribution in [0.1, 0.15) is 25.0 Å². The van der Waals surface area contributed by atoms with E-state index in [-0.39, 0.29) is 5.41 Å². The summed E-state index contributed by atoms with van der Waals surface area (Å²) in [5.41, 5.74) is 14.3. The maximum atomic E-state index is 6.52. The van der Waals surface area contributed by atoms with Gasteiger partial charge >= 0.3 is 0 Å². The number of furan rings is 1. The van der Waals surface area contributed by atoms with Gasteiger partial charge in [0.15, 0.2) is 5.82 Å². The summed E-state index contributed by atoms with van der Waals surface area (Å²) in [5, 5.41) is 2.30. The van der Waals surface area contributed by atoms with Gasteiger partial charge in [0.1, 0.15) is 11.2 Å². The topological polar surface area (TPSA) is 38.9 Å². The number of aromatic nitrogens is 2. The third-order valence-corrected chi connectivity index (χ3v) is 9.52. The molecule has 218 valence electrons. The van der Waals surface area contributed by atoms with Crippen LogP contribution in [0.2, 0.25) is 0 Å². The number of hydrogen-bond donors (Lipinski definition) is 0. The van der Waals surface area contributed by atoms with Gasteiger partial charge in [-0.3, -0.25) is 0 Å². The molecule has 0 aliphatic heterocycles. The molecule has 2 aromatic heterocycles. The van der Waals surface area contributed by atoms with Crippen LogP contribution in [-0.4, -0.2) is 9.97 Å². The first-order chi connectivity index (χ1) is 22.5. The van der Waals surface area contributed by atoms with Crippen LogP contribution < -0.4 is 0 Å². The van der Waals surface area contributed by atoms with E-state index in [9.17, 15) is 0 Å². The molecule has 8 aromatic rings. The Labute approximate surface area is 267 Å². The normalized spacial score (nSPS) is 13.2. The van der Waals surface area contributed by atoms with E-state index in [1.165, 1.54) is 22.3 Å². The molecule has 0 N–H and O–H groups in total. The zero-order chi connectivity index (χ0) is 30.8. The molecule has 0 spiro atoms. The summed E-state index contributed by atoms with van der Waals surface area (Å²) >= 11 is 0. The molecule has 9 rings (SSSR count). The van der Waals surface area contributed by atoms with Crippen molar-refractivity contribution in [2.24, 2.45) is 0 Å². The van der Waals surface area contributed by atoms with Gasteiger partial charge in [-0.05, 0) is 63.7 Å². The average molecular weight is 591 g/mol. The van der Waals surface area contributed by atoms with Crippen molar-refractivity contribution in [1.82, 2.24) is 9.97 Å². The van der Waals surface area contributed by atoms with Gasteiger partial charge in [-0.25, -0.2) is 9.97 Å². The Hall–Kier alpha value is -5.80. The predicted octanol–water partition coefficient (Wildman–Crippen LogP) is 11.4. The van der Waals surface area contributed by atoms with Crippen molar-refractivity contribution < 1.29 is 4.42 Å². The third-order valence-electron chi connectivity index (χ3n) is 9.52. The molecule has 0 saturated carbocycles. The molecule has 0 saturated heterocycles. The van der Waals surface area contributed by atoms with Gasteiger partial charge in [-0.15, -0.1) is 0 Å². The van der Waals surface area contributed by atoms with Gasteiger partial charge < -0.3 is 4.42 Å². The van der Waals surface area contributed by atoms with Crippen molar-refractivity contribution in [3.8, 4) is 56.2 Å². The lowest BCUT2D eigenvalue weighted by Crippen LogP contribution is -2.14. The first kappa shape index (κ1) is 26.6. The second-order valence-electron chi connectivity index (χ2n) is 12.6. The molecule has 0 unspecified atom stereocenters. The Morgan fingerprint density at radius 2 is 1.02 bits per heavy atom. The Morgan fingerprint density at radius 1 is 0.435 bits per heavy atom. The number of hydrogen-bond acceptors (Lipinski definition) is 3. The summed E-state index contributed by atoms with van der Waals surface area (Å²) in [4.78, 5) is 9.98. The fourth-order valence-electron chi connectivity index (χ4n) is 7.05. The van der Waals surface area contributed by atoms with Crippen LogP contribution in [0.5, 0.6) is 0 Å². The van der Waals surface area contributed by atoms with Crippen LogP contribution in [0.15, 0.2) is 150 Å². The minimum absolute atomic E-state index is 0.0574. The first-order valence-electron chi connectivity index (χ1n) is 15.7. The van der Waals surface area contributed by atoms with Gasteiger partial charge in [-0.2, -0.15) is 0 Å². The van der Waals surface area contributed by atoms with E-state index in [0.29, 0.717) is 5.82 Å². The highest BCUT2D eigenvalue weighted by molar-refractivity contribution is 6.08. The molecule has 0 radical (unpaired) electrons. The maximum absolute atomic E-state index is 6.52. The lowest BCUT2D eigenvalue weighted by molar-refractivity contribution is 0.647. The number of fused-ring (bicyclic) bond motifs is 6. The van der Waals surface area contributed by atoms with Gasteiger partial charge in [0, 0.05) is 32.9 Å². The van der Waals surface area contributed by atoms with Crippen LogP contribution in [0.25, 0.3) is 78.1 Å². The van der Waals surface area contributed by atoms with Gasteiger partial charge in [0.25, 0.3) is 0 Å². The van der Waals surface area contributed by atoms with E-state index in [1.54, 1.807) is 0 Å². The SMILES string of the molecule is CC1(C)c2ccccc2-c2cc3c(cc21)oc1cc(-c2ccc(-c4nc(-c5ccccc5)cc(-c5ccccc5)n4)cc2)ccc13. The Kier molecular flexibility index (Phi) is 5.85. The highest BCUT2D eigenvalue weighted by Gasteiger charge is 2.36. The van der Waals surface area contributed by atoms with Crippen LogP contribution in [0.3, 0.4) is 0 Å². The molecular formula is C43H30N2O. The summed E-state index contributed by atoms with van der Waals surface area (Å²) in [6, 6.07) is 51.0. The average Bonchev–Trinajstić information content (AvgIpc) is 3.58. The standard InChI is InChI=1S/C43H30N2O/c1-43(2)36-16-10-9-15-32(36)34-24-35-33-22-21-31(23-40(33)46-41(35)25-37(34)43)27-17-19-30(20-18-27)42-44-38(28-11-5-3-6-12-28)26-39(45-42)29-13-7-4-8-14-29/h3-26H,1-2H3. The van der Waals surface area contributed by atoms with Crippen molar-refractivity contribution in [3.63, 3.8) is 0 Å². The monoisotopic (exact) mass is 590 g/mol. The Balaban J connectivity index is 1.09. The summed E-state index contributed by atoms with van der Waals surface area (Å²) in [6.45, 7) is 4.61. The Morgan fingerprint density at radius 3 is 1.72 bits per heavy atom. The summed E-state index contributed by atoms with van der Waals surface area (Å²) in [7, 11) is 0. The van der Waals surface area contributed by atoms with E-state index < -0.39 is 0 Å². The highest BCUT2D eigenvalue weighted by atomic mass is 16.3. The first-order valence-corrected chi connectivity index (χ1v) is 15.7. The predicted molar refractivity (Wildman–Crippen MR) is 189 cm³/mol.